The summed E-state index contributed by atoms with van der Waals surface area (Å²) in [7, 11) is 1.88. The maximum absolute atomic E-state index is 12.0. The highest BCUT2D eigenvalue weighted by atomic mass is 32.1. The van der Waals surface area contributed by atoms with Crippen molar-refractivity contribution in [2.45, 2.75) is 26.2 Å². The number of anilines is 1. The summed E-state index contributed by atoms with van der Waals surface area (Å²) in [6.45, 7) is 2.35. The molecule has 0 unspecified atom stereocenters. The van der Waals surface area contributed by atoms with Gasteiger partial charge in [-0.15, -0.1) is 11.3 Å². The average molecular weight is 368 g/mol. The SMILES string of the molecule is CCOC(=O)CN(C)c1nc(-c2cccnc2)nc2sc3c(c12)CCC3. The first-order valence-corrected chi connectivity index (χ1v) is 9.58. The molecule has 0 fully saturated rings. The fourth-order valence-corrected chi connectivity index (χ4v) is 4.61. The molecule has 26 heavy (non-hydrogen) atoms. The summed E-state index contributed by atoms with van der Waals surface area (Å²) >= 11 is 1.74. The van der Waals surface area contributed by atoms with Crippen molar-refractivity contribution < 1.29 is 9.53 Å². The van der Waals surface area contributed by atoms with Crippen LogP contribution in [0.25, 0.3) is 21.6 Å². The van der Waals surface area contributed by atoms with Crippen molar-refractivity contribution in [2.75, 3.05) is 25.1 Å². The van der Waals surface area contributed by atoms with Crippen LogP contribution in [0.4, 0.5) is 5.82 Å². The maximum atomic E-state index is 12.0. The molecule has 0 saturated carbocycles. The van der Waals surface area contributed by atoms with E-state index >= 15 is 0 Å². The number of thiophene rings is 1. The van der Waals surface area contributed by atoms with Crippen LogP contribution in [0.15, 0.2) is 24.5 Å². The minimum Gasteiger partial charge on any atom is -0.465 e. The Kier molecular flexibility index (Phi) is 4.55. The lowest BCUT2D eigenvalue weighted by Gasteiger charge is -2.19. The molecule has 3 heterocycles. The molecule has 1 aliphatic carbocycles. The van der Waals surface area contributed by atoms with E-state index in [-0.39, 0.29) is 12.5 Å². The Morgan fingerprint density at radius 1 is 1.35 bits per heavy atom. The third kappa shape index (κ3) is 3.03. The van der Waals surface area contributed by atoms with Crippen molar-refractivity contribution >= 4 is 33.3 Å². The summed E-state index contributed by atoms with van der Waals surface area (Å²) in [6.07, 6.45) is 6.81. The van der Waals surface area contributed by atoms with Gasteiger partial charge in [0.05, 0.1) is 12.0 Å². The highest BCUT2D eigenvalue weighted by molar-refractivity contribution is 7.19. The predicted molar refractivity (Wildman–Crippen MR) is 103 cm³/mol. The maximum Gasteiger partial charge on any atom is 0.325 e. The standard InChI is InChI=1S/C19H20N4O2S/c1-3-25-15(24)11-23(2)18-16-13-7-4-8-14(13)26-19(16)22-17(21-18)12-6-5-9-20-10-12/h5-6,9-10H,3-4,7-8,11H2,1-2H3. The molecule has 0 aromatic carbocycles. The van der Waals surface area contributed by atoms with Crippen molar-refractivity contribution in [1.82, 2.24) is 15.0 Å². The van der Waals surface area contributed by atoms with Gasteiger partial charge in [0, 0.05) is 29.9 Å². The Labute approximate surface area is 155 Å². The van der Waals surface area contributed by atoms with E-state index in [1.54, 1.807) is 23.7 Å². The van der Waals surface area contributed by atoms with Crippen LogP contribution >= 0.6 is 11.3 Å². The molecule has 7 heteroatoms. The molecular weight excluding hydrogens is 348 g/mol. The third-order valence-corrected chi connectivity index (χ3v) is 5.68. The van der Waals surface area contributed by atoms with Gasteiger partial charge in [-0.2, -0.15) is 0 Å². The Hall–Kier alpha value is -2.54. The third-order valence-electron chi connectivity index (χ3n) is 4.50. The van der Waals surface area contributed by atoms with E-state index in [4.69, 9.17) is 14.7 Å². The van der Waals surface area contributed by atoms with Gasteiger partial charge in [-0.1, -0.05) is 0 Å². The van der Waals surface area contributed by atoms with Crippen LogP contribution < -0.4 is 4.90 Å². The van der Waals surface area contributed by atoms with Crippen LogP contribution in [0.5, 0.6) is 0 Å². The molecule has 0 atom stereocenters. The number of rotatable bonds is 5. The van der Waals surface area contributed by atoms with Crippen LogP contribution in [-0.2, 0) is 22.4 Å². The van der Waals surface area contributed by atoms with E-state index in [0.29, 0.717) is 12.4 Å². The molecule has 6 nitrogen and oxygen atoms in total. The first-order chi connectivity index (χ1) is 12.7. The average Bonchev–Trinajstić information content (AvgIpc) is 3.22. The number of likely N-dealkylation sites (N-methyl/N-ethyl adjacent to an activating group) is 1. The van der Waals surface area contributed by atoms with Crippen LogP contribution in [0, 0.1) is 0 Å². The lowest BCUT2D eigenvalue weighted by molar-refractivity contribution is -0.141. The highest BCUT2D eigenvalue weighted by Gasteiger charge is 2.25. The summed E-state index contributed by atoms with van der Waals surface area (Å²) in [4.78, 5) is 30.0. The van der Waals surface area contributed by atoms with Crippen molar-refractivity contribution in [3.63, 3.8) is 0 Å². The van der Waals surface area contributed by atoms with E-state index in [1.807, 2.05) is 31.0 Å². The zero-order valence-electron chi connectivity index (χ0n) is 14.9. The first-order valence-electron chi connectivity index (χ1n) is 8.76. The molecular formula is C19H20N4O2S. The fraction of sp³-hybridized carbons (Fsp3) is 0.368. The molecule has 3 aromatic rings. The van der Waals surface area contributed by atoms with Crippen LogP contribution in [0.1, 0.15) is 23.8 Å². The second kappa shape index (κ2) is 6.99. The number of nitrogens with zero attached hydrogens (tertiary/aromatic N) is 4. The van der Waals surface area contributed by atoms with Gasteiger partial charge in [0.1, 0.15) is 17.2 Å². The molecule has 0 bridgehead atoms. The molecule has 4 rings (SSSR count). The Morgan fingerprint density at radius 3 is 3.00 bits per heavy atom. The zero-order valence-corrected chi connectivity index (χ0v) is 15.7. The largest absolute Gasteiger partial charge is 0.465 e. The van der Waals surface area contributed by atoms with E-state index in [9.17, 15) is 4.79 Å². The zero-order chi connectivity index (χ0) is 18.1. The number of ether oxygens (including phenoxy) is 1. The minimum atomic E-state index is -0.253. The Bertz CT molecular complexity index is 955. The number of fused-ring (bicyclic) bond motifs is 3. The number of pyridine rings is 1. The Morgan fingerprint density at radius 2 is 2.23 bits per heavy atom. The number of carbonyl (C=O) groups excluding carboxylic acids is 1. The van der Waals surface area contributed by atoms with E-state index < -0.39 is 0 Å². The fourth-order valence-electron chi connectivity index (χ4n) is 3.35. The number of aromatic nitrogens is 3. The van der Waals surface area contributed by atoms with Gasteiger partial charge in [-0.05, 0) is 43.9 Å². The van der Waals surface area contributed by atoms with E-state index in [0.717, 1.165) is 34.4 Å². The first kappa shape index (κ1) is 16.9. The quantitative estimate of drug-likeness (QED) is 0.644. The summed E-state index contributed by atoms with van der Waals surface area (Å²) in [5, 5.41) is 1.09. The molecule has 134 valence electrons. The predicted octanol–water partition coefficient (Wildman–Crippen LogP) is 3.24. The van der Waals surface area contributed by atoms with Gasteiger partial charge in [-0.25, -0.2) is 9.97 Å². The highest BCUT2D eigenvalue weighted by Crippen LogP contribution is 2.41. The topological polar surface area (TPSA) is 68.2 Å². The number of aryl methyl sites for hydroxylation is 2. The molecule has 0 spiro atoms. The van der Waals surface area contributed by atoms with Crippen LogP contribution in [-0.4, -0.2) is 41.1 Å². The monoisotopic (exact) mass is 368 g/mol. The second-order valence-corrected chi connectivity index (χ2v) is 7.39. The number of hydrogen-bond donors (Lipinski definition) is 0. The van der Waals surface area contributed by atoms with E-state index in [2.05, 4.69) is 4.98 Å². The second-order valence-electron chi connectivity index (χ2n) is 6.31. The van der Waals surface area contributed by atoms with Crippen molar-refractivity contribution in [3.8, 4) is 11.4 Å². The van der Waals surface area contributed by atoms with Crippen LogP contribution in [0.3, 0.4) is 0 Å². The summed E-state index contributed by atoms with van der Waals surface area (Å²) in [5.74, 6) is 1.18. The number of esters is 1. The van der Waals surface area contributed by atoms with Gasteiger partial charge in [0.25, 0.3) is 0 Å². The molecule has 0 saturated heterocycles. The molecule has 0 radical (unpaired) electrons. The molecule has 3 aromatic heterocycles. The Balaban J connectivity index is 1.84. The van der Waals surface area contributed by atoms with Gasteiger partial charge < -0.3 is 9.64 Å². The normalized spacial score (nSPS) is 13.0. The minimum absolute atomic E-state index is 0.164. The van der Waals surface area contributed by atoms with Gasteiger partial charge in [-0.3, -0.25) is 9.78 Å². The summed E-state index contributed by atoms with van der Waals surface area (Å²) in [5.41, 5.74) is 2.21. The van der Waals surface area contributed by atoms with Crippen molar-refractivity contribution in [2.24, 2.45) is 0 Å². The molecule has 0 N–H and O–H groups in total. The van der Waals surface area contributed by atoms with Gasteiger partial charge in [0.15, 0.2) is 5.82 Å². The number of carbonyl (C=O) groups is 1. The van der Waals surface area contributed by atoms with Crippen molar-refractivity contribution in [3.05, 3.63) is 35.0 Å². The van der Waals surface area contributed by atoms with Gasteiger partial charge in [0.2, 0.25) is 0 Å². The molecule has 1 aliphatic rings. The molecule has 0 amide bonds. The molecule has 0 aliphatic heterocycles. The number of hydrogen-bond acceptors (Lipinski definition) is 7. The van der Waals surface area contributed by atoms with E-state index in [1.165, 1.54) is 16.9 Å². The van der Waals surface area contributed by atoms with Crippen LogP contribution in [0.2, 0.25) is 0 Å². The smallest absolute Gasteiger partial charge is 0.325 e. The van der Waals surface area contributed by atoms with Crippen molar-refractivity contribution in [1.29, 1.82) is 0 Å². The lowest BCUT2D eigenvalue weighted by Crippen LogP contribution is -2.28. The summed E-state index contributed by atoms with van der Waals surface area (Å²) < 4.78 is 5.10. The lowest BCUT2D eigenvalue weighted by atomic mass is 10.1. The summed E-state index contributed by atoms with van der Waals surface area (Å²) in [6, 6.07) is 3.82. The van der Waals surface area contributed by atoms with Gasteiger partial charge >= 0.3 is 5.97 Å².